The zero-order valence-corrected chi connectivity index (χ0v) is 12.9. The average molecular weight is 343 g/mol. The Kier molecular flexibility index (Phi) is 3.76. The van der Waals surface area contributed by atoms with Crippen molar-refractivity contribution in [2.24, 2.45) is 0 Å². The van der Waals surface area contributed by atoms with Gasteiger partial charge in [-0.1, -0.05) is 23.7 Å². The summed E-state index contributed by atoms with van der Waals surface area (Å²) in [7, 11) is 0. The predicted octanol–water partition coefficient (Wildman–Crippen LogP) is 5.08. The van der Waals surface area contributed by atoms with Gasteiger partial charge in [0.15, 0.2) is 0 Å². The van der Waals surface area contributed by atoms with E-state index in [1.807, 2.05) is 0 Å². The second-order valence-electron chi connectivity index (χ2n) is 4.56. The lowest BCUT2D eigenvalue weighted by molar-refractivity contribution is 0.688. The van der Waals surface area contributed by atoms with Gasteiger partial charge in [0.2, 0.25) is 0 Å². The first kappa shape index (κ1) is 12.7. The van der Waals surface area contributed by atoms with E-state index in [0.29, 0.717) is 6.04 Å². The molecule has 1 aromatic heterocycles. The van der Waals surface area contributed by atoms with Crippen molar-refractivity contribution in [1.29, 1.82) is 0 Å². The van der Waals surface area contributed by atoms with E-state index in [4.69, 9.17) is 11.6 Å². The molecule has 1 aliphatic rings. The molecule has 18 heavy (non-hydrogen) atoms. The smallest absolute Gasteiger partial charge is 0.0485 e. The van der Waals surface area contributed by atoms with Crippen LogP contribution in [0.5, 0.6) is 0 Å². The van der Waals surface area contributed by atoms with Gasteiger partial charge in [0.1, 0.15) is 0 Å². The minimum absolute atomic E-state index is 0.715. The van der Waals surface area contributed by atoms with Gasteiger partial charge in [-0.3, -0.25) is 0 Å². The van der Waals surface area contributed by atoms with Crippen LogP contribution in [0.15, 0.2) is 34.1 Å². The highest BCUT2D eigenvalue weighted by atomic mass is 79.9. The molecule has 1 nitrogen and oxygen atoms in total. The van der Waals surface area contributed by atoms with Crippen molar-refractivity contribution in [2.75, 3.05) is 0 Å². The van der Waals surface area contributed by atoms with Crippen molar-refractivity contribution in [3.8, 4) is 10.4 Å². The summed E-state index contributed by atoms with van der Waals surface area (Å²) < 4.78 is 1.13. The zero-order valence-electron chi connectivity index (χ0n) is 9.75. The maximum absolute atomic E-state index is 6.35. The molecule has 0 amide bonds. The van der Waals surface area contributed by atoms with Crippen LogP contribution < -0.4 is 5.32 Å². The highest BCUT2D eigenvalue weighted by Crippen LogP contribution is 2.35. The molecule has 1 heterocycles. The largest absolute Gasteiger partial charge is 0.310 e. The highest BCUT2D eigenvalue weighted by molar-refractivity contribution is 9.10. The van der Waals surface area contributed by atoms with Gasteiger partial charge in [-0.15, -0.1) is 11.3 Å². The van der Waals surface area contributed by atoms with Gasteiger partial charge in [-0.2, -0.15) is 0 Å². The van der Waals surface area contributed by atoms with Crippen LogP contribution in [-0.4, -0.2) is 6.04 Å². The van der Waals surface area contributed by atoms with Crippen molar-refractivity contribution >= 4 is 38.9 Å². The third kappa shape index (κ3) is 2.80. The number of thiophene rings is 1. The highest BCUT2D eigenvalue weighted by Gasteiger charge is 2.20. The van der Waals surface area contributed by atoms with E-state index in [2.05, 4.69) is 50.9 Å². The van der Waals surface area contributed by atoms with Crippen LogP contribution in [0.4, 0.5) is 0 Å². The average Bonchev–Trinajstić information content (AvgIpc) is 3.09. The maximum Gasteiger partial charge on any atom is 0.0485 e. The van der Waals surface area contributed by atoms with E-state index in [1.54, 1.807) is 11.3 Å². The minimum atomic E-state index is 0.715. The van der Waals surface area contributed by atoms with Gasteiger partial charge < -0.3 is 5.32 Å². The van der Waals surface area contributed by atoms with Crippen molar-refractivity contribution in [2.45, 2.75) is 25.4 Å². The minimum Gasteiger partial charge on any atom is -0.310 e. The maximum atomic E-state index is 6.35. The first-order valence-corrected chi connectivity index (χ1v) is 8.04. The third-order valence-electron chi connectivity index (χ3n) is 3.09. The summed E-state index contributed by atoms with van der Waals surface area (Å²) in [5.41, 5.74) is 2.36. The Morgan fingerprint density at radius 1 is 1.33 bits per heavy atom. The van der Waals surface area contributed by atoms with Crippen molar-refractivity contribution in [3.05, 3.63) is 44.7 Å². The summed E-state index contributed by atoms with van der Waals surface area (Å²) in [6.45, 7) is 0.870. The fourth-order valence-electron chi connectivity index (χ4n) is 1.87. The van der Waals surface area contributed by atoms with Crippen LogP contribution in [0.3, 0.4) is 0 Å². The van der Waals surface area contributed by atoms with Crippen LogP contribution in [-0.2, 0) is 6.54 Å². The zero-order chi connectivity index (χ0) is 12.5. The van der Waals surface area contributed by atoms with Crippen molar-refractivity contribution in [1.82, 2.24) is 5.32 Å². The standard InChI is InChI=1S/C14H13BrClNS/c15-12-5-6-18-14(12)9-1-2-10(13(16)7-9)8-17-11-3-4-11/h1-2,5-7,11,17H,3-4,8H2. The molecule has 1 saturated carbocycles. The SMILES string of the molecule is Clc1cc(-c2sccc2Br)ccc1CNC1CC1. The monoisotopic (exact) mass is 341 g/mol. The van der Waals surface area contributed by atoms with Crippen molar-refractivity contribution in [3.63, 3.8) is 0 Å². The summed E-state index contributed by atoms with van der Waals surface area (Å²) in [5, 5.41) is 6.42. The van der Waals surface area contributed by atoms with Gasteiger partial charge in [-0.25, -0.2) is 0 Å². The number of halogens is 2. The molecule has 0 atom stereocenters. The molecule has 0 bridgehead atoms. The Bertz CT molecular complexity index is 563. The normalized spacial score (nSPS) is 15.0. The number of rotatable bonds is 4. The van der Waals surface area contributed by atoms with Crippen LogP contribution in [0.2, 0.25) is 5.02 Å². The first-order chi connectivity index (χ1) is 8.74. The summed E-state index contributed by atoms with van der Waals surface area (Å²) in [4.78, 5) is 1.23. The van der Waals surface area contributed by atoms with E-state index in [9.17, 15) is 0 Å². The summed E-state index contributed by atoms with van der Waals surface area (Å²) >= 11 is 11.6. The molecule has 0 aliphatic heterocycles. The number of benzene rings is 1. The number of hydrogen-bond donors (Lipinski definition) is 1. The van der Waals surface area contributed by atoms with Gasteiger partial charge in [0.05, 0.1) is 0 Å². The second kappa shape index (κ2) is 5.33. The molecule has 4 heteroatoms. The topological polar surface area (TPSA) is 12.0 Å². The van der Waals surface area contributed by atoms with E-state index >= 15 is 0 Å². The fraction of sp³-hybridized carbons (Fsp3) is 0.286. The van der Waals surface area contributed by atoms with Crippen molar-refractivity contribution < 1.29 is 0 Å². The quantitative estimate of drug-likeness (QED) is 0.816. The summed E-state index contributed by atoms with van der Waals surface area (Å²) in [6.07, 6.45) is 2.61. The lowest BCUT2D eigenvalue weighted by atomic mass is 10.1. The molecule has 0 radical (unpaired) electrons. The molecular formula is C14H13BrClNS. The van der Waals surface area contributed by atoms with E-state index in [1.165, 1.54) is 28.8 Å². The second-order valence-corrected chi connectivity index (χ2v) is 6.74. The van der Waals surface area contributed by atoms with Gasteiger partial charge in [0, 0.05) is 27.0 Å². The number of nitrogens with one attached hydrogen (secondary N) is 1. The van der Waals surface area contributed by atoms with Crippen LogP contribution in [0.25, 0.3) is 10.4 Å². The summed E-state index contributed by atoms with van der Waals surface area (Å²) in [5.74, 6) is 0. The molecule has 1 fully saturated rings. The molecule has 0 spiro atoms. The molecule has 3 rings (SSSR count). The Morgan fingerprint density at radius 3 is 2.78 bits per heavy atom. The predicted molar refractivity (Wildman–Crippen MR) is 82.3 cm³/mol. The van der Waals surface area contributed by atoms with Gasteiger partial charge in [-0.05, 0) is 57.4 Å². The van der Waals surface area contributed by atoms with Gasteiger partial charge >= 0.3 is 0 Å². The Balaban J connectivity index is 1.81. The molecule has 1 aliphatic carbocycles. The molecule has 0 unspecified atom stereocenters. The fourth-order valence-corrected chi connectivity index (χ4v) is 3.72. The summed E-state index contributed by atoms with van der Waals surface area (Å²) in [6, 6.07) is 9.11. The molecule has 1 N–H and O–H groups in total. The molecule has 94 valence electrons. The Hall–Kier alpha value is -0.350. The lowest BCUT2D eigenvalue weighted by Gasteiger charge is -2.07. The van der Waals surface area contributed by atoms with Crippen LogP contribution in [0, 0.1) is 0 Å². The molecule has 0 saturated heterocycles. The van der Waals surface area contributed by atoms with Gasteiger partial charge in [0.25, 0.3) is 0 Å². The number of hydrogen-bond acceptors (Lipinski definition) is 2. The van der Waals surface area contributed by atoms with E-state index in [-0.39, 0.29) is 0 Å². The molecule has 2 aromatic rings. The van der Waals surface area contributed by atoms with Crippen LogP contribution in [0.1, 0.15) is 18.4 Å². The van der Waals surface area contributed by atoms with E-state index < -0.39 is 0 Å². The van der Waals surface area contributed by atoms with E-state index in [0.717, 1.165) is 16.0 Å². The first-order valence-electron chi connectivity index (χ1n) is 5.99. The Labute approximate surface area is 124 Å². The molecule has 1 aromatic carbocycles. The van der Waals surface area contributed by atoms with Crippen LogP contribution >= 0.6 is 38.9 Å². The Morgan fingerprint density at radius 2 is 2.17 bits per heavy atom. The third-order valence-corrected chi connectivity index (χ3v) is 5.33. The lowest BCUT2D eigenvalue weighted by Crippen LogP contribution is -2.15. The molecular weight excluding hydrogens is 330 g/mol.